The number of rotatable bonds is 4. The van der Waals surface area contributed by atoms with Gasteiger partial charge >= 0.3 is 0 Å². The maximum absolute atomic E-state index is 5.02. The van der Waals surface area contributed by atoms with Crippen molar-refractivity contribution in [2.75, 3.05) is 0 Å². The molecule has 0 radical (unpaired) electrons. The fraction of sp³-hybridized carbons (Fsp3) is 0.0667. The minimum atomic E-state index is -0.0100. The van der Waals surface area contributed by atoms with Gasteiger partial charge in [-0.15, -0.1) is 0 Å². The second-order valence-corrected chi connectivity index (χ2v) is 8.42. The van der Waals surface area contributed by atoms with Crippen LogP contribution in [0.2, 0.25) is 0 Å². The summed E-state index contributed by atoms with van der Waals surface area (Å²) >= 11 is 0. The Balaban J connectivity index is 1.59. The number of benzene rings is 3. The van der Waals surface area contributed by atoms with E-state index in [0.29, 0.717) is 0 Å². The third kappa shape index (κ3) is 3.07. The van der Waals surface area contributed by atoms with Crippen molar-refractivity contribution in [3.05, 3.63) is 116 Å². The normalized spacial score (nSPS) is 16.3. The number of aliphatic imine (C=N–C) groups is 2. The second kappa shape index (κ2) is 8.16. The van der Waals surface area contributed by atoms with Crippen LogP contribution in [0.15, 0.2) is 126 Å². The van der Waals surface area contributed by atoms with Crippen molar-refractivity contribution in [3.8, 4) is 5.69 Å². The summed E-state index contributed by atoms with van der Waals surface area (Å²) in [5, 5.41) is 3.72. The first kappa shape index (κ1) is 20.2. The average molecular weight is 441 g/mol. The molecule has 3 heterocycles. The van der Waals surface area contributed by atoms with Crippen LogP contribution in [-0.2, 0) is 0 Å². The number of hydrogen-bond acceptors (Lipinski definition) is 2. The van der Waals surface area contributed by atoms with Gasteiger partial charge in [0.1, 0.15) is 5.84 Å². The number of nitrogens with zero attached hydrogens (tertiary/aromatic N) is 4. The lowest BCUT2D eigenvalue weighted by atomic mass is 10.0. The van der Waals surface area contributed by atoms with E-state index < -0.39 is 0 Å². The zero-order chi connectivity index (χ0) is 23.1. The van der Waals surface area contributed by atoms with E-state index in [0.717, 1.165) is 29.0 Å². The third-order valence-electron chi connectivity index (χ3n) is 6.54. The highest BCUT2D eigenvalue weighted by Crippen LogP contribution is 2.37. The summed E-state index contributed by atoms with van der Waals surface area (Å²) in [7, 11) is 0. The highest BCUT2D eigenvalue weighted by molar-refractivity contribution is 6.22. The number of para-hydroxylation sites is 2. The van der Waals surface area contributed by atoms with E-state index in [9.17, 15) is 0 Å². The van der Waals surface area contributed by atoms with Gasteiger partial charge in [0.2, 0.25) is 0 Å². The molecule has 0 saturated carbocycles. The molecule has 2 aromatic heterocycles. The van der Waals surface area contributed by atoms with Gasteiger partial charge in [-0.05, 0) is 61.2 Å². The first-order valence-electron chi connectivity index (χ1n) is 11.4. The highest BCUT2D eigenvalue weighted by atomic mass is 15.1. The zero-order valence-electron chi connectivity index (χ0n) is 18.8. The molecule has 0 amide bonds. The molecule has 0 N–H and O–H groups in total. The lowest BCUT2D eigenvalue weighted by molar-refractivity contribution is 0.786. The van der Waals surface area contributed by atoms with Gasteiger partial charge < -0.3 is 9.13 Å². The molecule has 0 aliphatic carbocycles. The van der Waals surface area contributed by atoms with E-state index >= 15 is 0 Å². The van der Waals surface area contributed by atoms with Gasteiger partial charge in [0.05, 0.1) is 22.6 Å². The van der Waals surface area contributed by atoms with Crippen molar-refractivity contribution in [2.24, 2.45) is 9.98 Å². The summed E-state index contributed by atoms with van der Waals surface area (Å²) in [5.74, 6) is 0.911. The Morgan fingerprint density at radius 3 is 2.50 bits per heavy atom. The van der Waals surface area contributed by atoms with Crippen LogP contribution in [0.4, 0.5) is 0 Å². The summed E-state index contributed by atoms with van der Waals surface area (Å²) in [6.45, 7) is 7.51. The summed E-state index contributed by atoms with van der Waals surface area (Å²) in [6, 6.07) is 25.8. The second-order valence-electron chi connectivity index (χ2n) is 8.42. The molecule has 4 nitrogen and oxygen atoms in total. The minimum absolute atomic E-state index is 0.0100. The fourth-order valence-electron chi connectivity index (χ4n) is 5.03. The zero-order valence-corrected chi connectivity index (χ0v) is 18.8. The summed E-state index contributed by atoms with van der Waals surface area (Å²) < 4.78 is 4.52. The Morgan fingerprint density at radius 1 is 0.912 bits per heavy atom. The molecule has 5 aromatic rings. The monoisotopic (exact) mass is 440 g/mol. The van der Waals surface area contributed by atoms with Crippen molar-refractivity contribution in [1.29, 1.82) is 0 Å². The largest absolute Gasteiger partial charge is 0.309 e. The average Bonchev–Trinajstić information content (AvgIpc) is 3.47. The Kier molecular flexibility index (Phi) is 4.84. The molecule has 4 heteroatoms. The van der Waals surface area contributed by atoms with Crippen molar-refractivity contribution in [2.45, 2.75) is 12.5 Å². The molecule has 6 rings (SSSR count). The number of allylic oxidation sites excluding steroid dienone is 1. The number of dihydropyridines is 1. The van der Waals surface area contributed by atoms with Crippen LogP contribution in [-0.4, -0.2) is 27.7 Å². The molecule has 1 aliphatic rings. The maximum Gasteiger partial charge on any atom is 0.132 e. The molecule has 1 atom stereocenters. The van der Waals surface area contributed by atoms with Gasteiger partial charge in [-0.3, -0.25) is 9.98 Å². The molecule has 0 saturated heterocycles. The standard InChI is InChI=1S/C30H24N4/c1-3-21(20-31-2)25-13-9-15-29(32-25)33-19-18-24-26(33)16-17-28-30(24)23-12-7-8-14-27(23)34(28)22-10-5-4-6-11-22/h3-12,14-20,25H,1-2,13H2. The van der Waals surface area contributed by atoms with E-state index in [1.165, 1.54) is 27.2 Å². The van der Waals surface area contributed by atoms with Crippen LogP contribution in [0, 0.1) is 0 Å². The summed E-state index contributed by atoms with van der Waals surface area (Å²) in [6.07, 6.45) is 10.8. The van der Waals surface area contributed by atoms with Gasteiger partial charge in [0.25, 0.3) is 0 Å². The molecular formula is C30H24N4. The van der Waals surface area contributed by atoms with E-state index in [2.05, 4.69) is 119 Å². The smallest absolute Gasteiger partial charge is 0.132 e. The Morgan fingerprint density at radius 2 is 1.68 bits per heavy atom. The lowest BCUT2D eigenvalue weighted by Gasteiger charge is -2.18. The van der Waals surface area contributed by atoms with Gasteiger partial charge in [0, 0.05) is 34.2 Å². The minimum Gasteiger partial charge on any atom is -0.309 e. The topological polar surface area (TPSA) is 34.6 Å². The summed E-state index contributed by atoms with van der Waals surface area (Å²) in [5.41, 5.74) is 5.68. The molecule has 1 aliphatic heterocycles. The SMILES string of the molecule is C=CC(=CN=C)C1CC=CC(n2ccc3c4c5ccccc5n(-c5ccccc5)c4ccc32)=N1. The fourth-order valence-corrected chi connectivity index (χ4v) is 5.03. The lowest BCUT2D eigenvalue weighted by Crippen LogP contribution is -2.18. The predicted octanol–water partition coefficient (Wildman–Crippen LogP) is 7.08. The quantitative estimate of drug-likeness (QED) is 0.211. The van der Waals surface area contributed by atoms with Gasteiger partial charge in [-0.1, -0.05) is 55.1 Å². The van der Waals surface area contributed by atoms with Crippen molar-refractivity contribution < 1.29 is 0 Å². The predicted molar refractivity (Wildman–Crippen MR) is 144 cm³/mol. The Bertz CT molecular complexity index is 1660. The van der Waals surface area contributed by atoms with Crippen LogP contribution >= 0.6 is 0 Å². The molecule has 34 heavy (non-hydrogen) atoms. The van der Waals surface area contributed by atoms with E-state index in [4.69, 9.17) is 4.99 Å². The molecule has 1 unspecified atom stereocenters. The Labute approximate surface area is 198 Å². The third-order valence-corrected chi connectivity index (χ3v) is 6.54. The van der Waals surface area contributed by atoms with Crippen molar-refractivity contribution >= 4 is 45.3 Å². The van der Waals surface area contributed by atoms with Crippen LogP contribution < -0.4 is 0 Å². The number of aromatic nitrogens is 2. The highest BCUT2D eigenvalue weighted by Gasteiger charge is 2.19. The molecule has 0 fully saturated rings. The Hall–Kier alpha value is -4.44. The van der Waals surface area contributed by atoms with Crippen LogP contribution in [0.1, 0.15) is 6.42 Å². The van der Waals surface area contributed by atoms with E-state index in [1.807, 2.05) is 6.08 Å². The van der Waals surface area contributed by atoms with Crippen molar-refractivity contribution in [1.82, 2.24) is 9.13 Å². The summed E-state index contributed by atoms with van der Waals surface area (Å²) in [4.78, 5) is 8.94. The molecule has 164 valence electrons. The number of fused-ring (bicyclic) bond motifs is 5. The van der Waals surface area contributed by atoms with Crippen LogP contribution in [0.5, 0.6) is 0 Å². The van der Waals surface area contributed by atoms with E-state index in [-0.39, 0.29) is 6.04 Å². The van der Waals surface area contributed by atoms with Crippen molar-refractivity contribution in [3.63, 3.8) is 0 Å². The van der Waals surface area contributed by atoms with Crippen LogP contribution in [0.3, 0.4) is 0 Å². The first-order chi connectivity index (χ1) is 16.8. The maximum atomic E-state index is 5.02. The molecule has 0 spiro atoms. The van der Waals surface area contributed by atoms with Gasteiger partial charge in [0.15, 0.2) is 0 Å². The van der Waals surface area contributed by atoms with E-state index in [1.54, 1.807) is 6.20 Å². The van der Waals surface area contributed by atoms with Gasteiger partial charge in [-0.2, -0.15) is 0 Å². The van der Waals surface area contributed by atoms with Crippen LogP contribution in [0.25, 0.3) is 38.4 Å². The number of hydrogen-bond donors (Lipinski definition) is 0. The molecule has 0 bridgehead atoms. The molecular weight excluding hydrogens is 416 g/mol. The first-order valence-corrected chi connectivity index (χ1v) is 11.4. The van der Waals surface area contributed by atoms with Gasteiger partial charge in [-0.25, -0.2) is 0 Å². The molecule has 3 aromatic carbocycles.